The molecule has 0 unspecified atom stereocenters. The number of carbonyl (C=O) groups is 2. The first kappa shape index (κ1) is 25.0. The monoisotopic (exact) mass is 494 g/mol. The maximum absolute atomic E-state index is 13.5. The Hall–Kier alpha value is -2.62. The van der Waals surface area contributed by atoms with E-state index in [1.54, 1.807) is 69.3 Å². The number of alkyl carbamates (subject to hydrolysis) is 1. The van der Waals surface area contributed by atoms with Gasteiger partial charge in [-0.25, -0.2) is 13.2 Å². The van der Waals surface area contributed by atoms with Crippen LogP contribution in [0.2, 0.25) is 5.02 Å². The maximum Gasteiger partial charge on any atom is 0.407 e. The van der Waals surface area contributed by atoms with Crippen molar-refractivity contribution in [3.8, 4) is 0 Å². The minimum atomic E-state index is -4.12. The highest BCUT2D eigenvalue weighted by Gasteiger charge is 2.51. The lowest BCUT2D eigenvalue weighted by atomic mass is 10.0. The van der Waals surface area contributed by atoms with Crippen LogP contribution in [0.25, 0.3) is 0 Å². The Morgan fingerprint density at radius 2 is 1.82 bits per heavy atom. The normalized spacial score (nSPS) is 21.5. The predicted molar refractivity (Wildman–Crippen MR) is 124 cm³/mol. The number of carboxylic acid groups (broad SMARTS) is 1. The van der Waals surface area contributed by atoms with E-state index in [1.165, 1.54) is 6.07 Å². The zero-order valence-electron chi connectivity index (χ0n) is 18.6. The summed E-state index contributed by atoms with van der Waals surface area (Å²) < 4.78 is 33.4. The smallest absolute Gasteiger partial charge is 0.407 e. The highest BCUT2D eigenvalue weighted by molar-refractivity contribution is 7.88. The average molecular weight is 495 g/mol. The van der Waals surface area contributed by atoms with E-state index in [1.807, 2.05) is 0 Å². The SMILES string of the molecule is CC(C)(C)OC(=O)N[C@@H]1C[C@@H](C(=O)O)N(S(=O)(=O)Cc2cccc(Cl)c2)[C@H]1c1ccccc1. The first-order valence-corrected chi connectivity index (χ1v) is 12.4. The maximum atomic E-state index is 13.5. The van der Waals surface area contributed by atoms with Crippen LogP contribution >= 0.6 is 11.6 Å². The third-order valence-corrected chi connectivity index (χ3v) is 7.18. The molecule has 3 atom stereocenters. The molecule has 1 amide bonds. The Kier molecular flexibility index (Phi) is 7.36. The Morgan fingerprint density at radius 3 is 2.39 bits per heavy atom. The Bertz CT molecular complexity index is 1120. The third-order valence-electron chi connectivity index (χ3n) is 5.13. The Balaban J connectivity index is 2.02. The number of sulfonamides is 1. The first-order valence-electron chi connectivity index (χ1n) is 10.4. The van der Waals surface area contributed by atoms with E-state index >= 15 is 0 Å². The van der Waals surface area contributed by atoms with Crippen LogP contribution in [0.1, 0.15) is 44.4 Å². The average Bonchev–Trinajstić information content (AvgIpc) is 3.07. The fourth-order valence-electron chi connectivity index (χ4n) is 3.96. The molecule has 1 fully saturated rings. The van der Waals surface area contributed by atoms with Crippen LogP contribution < -0.4 is 5.32 Å². The van der Waals surface area contributed by atoms with Gasteiger partial charge in [0.05, 0.1) is 17.8 Å². The molecule has 0 aliphatic carbocycles. The molecule has 0 bridgehead atoms. The van der Waals surface area contributed by atoms with E-state index in [9.17, 15) is 23.1 Å². The summed E-state index contributed by atoms with van der Waals surface area (Å²) >= 11 is 6.01. The minimum absolute atomic E-state index is 0.108. The predicted octanol–water partition coefficient (Wildman–Crippen LogP) is 3.96. The van der Waals surface area contributed by atoms with Crippen molar-refractivity contribution in [2.75, 3.05) is 0 Å². The van der Waals surface area contributed by atoms with E-state index in [0.717, 1.165) is 4.31 Å². The van der Waals surface area contributed by atoms with Crippen molar-refractivity contribution in [3.63, 3.8) is 0 Å². The number of rotatable bonds is 6. The molecular weight excluding hydrogens is 468 g/mol. The number of nitrogens with one attached hydrogen (secondary N) is 1. The zero-order chi connectivity index (χ0) is 24.4. The summed E-state index contributed by atoms with van der Waals surface area (Å²) in [6, 6.07) is 12.0. The lowest BCUT2D eigenvalue weighted by Crippen LogP contribution is -2.45. The van der Waals surface area contributed by atoms with E-state index in [4.69, 9.17) is 16.3 Å². The molecule has 0 radical (unpaired) electrons. The summed E-state index contributed by atoms with van der Waals surface area (Å²) in [5.41, 5.74) is 0.231. The van der Waals surface area contributed by atoms with Crippen molar-refractivity contribution in [3.05, 3.63) is 70.7 Å². The van der Waals surface area contributed by atoms with E-state index < -0.39 is 51.6 Å². The zero-order valence-corrected chi connectivity index (χ0v) is 20.1. The molecule has 2 aromatic rings. The number of benzene rings is 2. The number of halogens is 1. The standard InChI is InChI=1S/C23H27ClN2O6S/c1-23(2,3)32-22(29)25-18-13-19(21(27)28)26(20(18)16-9-5-4-6-10-16)33(30,31)14-15-8-7-11-17(24)12-15/h4-12,18-20H,13-14H2,1-3H3,(H,25,29)(H,27,28)/t18-,19+,20+/m1/s1. The number of amides is 1. The van der Waals surface area contributed by atoms with Gasteiger partial charge in [0.1, 0.15) is 11.6 Å². The number of carboxylic acids is 1. The summed E-state index contributed by atoms with van der Waals surface area (Å²) in [6.07, 6.45) is -0.852. The van der Waals surface area contributed by atoms with Gasteiger partial charge in [0, 0.05) is 5.02 Å². The highest BCUT2D eigenvalue weighted by Crippen LogP contribution is 2.40. The Morgan fingerprint density at radius 1 is 1.15 bits per heavy atom. The van der Waals surface area contributed by atoms with Gasteiger partial charge < -0.3 is 15.2 Å². The number of ether oxygens (including phenoxy) is 1. The van der Waals surface area contributed by atoms with Crippen LogP contribution in [0.3, 0.4) is 0 Å². The third kappa shape index (κ3) is 6.25. The lowest BCUT2D eigenvalue weighted by molar-refractivity contribution is -0.141. The van der Waals surface area contributed by atoms with Crippen molar-refractivity contribution in [2.24, 2.45) is 0 Å². The second-order valence-corrected chi connectivity index (χ2v) is 11.2. The molecule has 178 valence electrons. The number of aliphatic carboxylic acids is 1. The fraction of sp³-hybridized carbons (Fsp3) is 0.391. The van der Waals surface area contributed by atoms with Crippen molar-refractivity contribution in [1.82, 2.24) is 9.62 Å². The van der Waals surface area contributed by atoms with Crippen molar-refractivity contribution in [1.29, 1.82) is 0 Å². The number of carbonyl (C=O) groups excluding carboxylic acids is 1. The molecule has 2 N–H and O–H groups in total. The van der Waals surface area contributed by atoms with Gasteiger partial charge in [-0.15, -0.1) is 0 Å². The van der Waals surface area contributed by atoms with Crippen LogP contribution in [0.15, 0.2) is 54.6 Å². The van der Waals surface area contributed by atoms with Crippen molar-refractivity contribution in [2.45, 2.75) is 56.7 Å². The fourth-order valence-corrected chi connectivity index (χ4v) is 6.10. The van der Waals surface area contributed by atoms with E-state index in [-0.39, 0.29) is 6.42 Å². The molecule has 0 spiro atoms. The van der Waals surface area contributed by atoms with E-state index in [0.29, 0.717) is 16.1 Å². The molecule has 1 heterocycles. The molecular formula is C23H27ClN2O6S. The Labute approximate surface area is 198 Å². The van der Waals surface area contributed by atoms with Gasteiger partial charge in [-0.05, 0) is 50.5 Å². The topological polar surface area (TPSA) is 113 Å². The molecule has 1 aliphatic rings. The van der Waals surface area contributed by atoms with Gasteiger partial charge in [-0.3, -0.25) is 4.79 Å². The molecule has 0 saturated carbocycles. The van der Waals surface area contributed by atoms with Crippen LogP contribution in [-0.2, 0) is 25.3 Å². The quantitative estimate of drug-likeness (QED) is 0.628. The molecule has 33 heavy (non-hydrogen) atoms. The summed E-state index contributed by atoms with van der Waals surface area (Å²) in [7, 11) is -4.12. The molecule has 1 aliphatic heterocycles. The number of nitrogens with zero attached hydrogens (tertiary/aromatic N) is 1. The molecule has 1 saturated heterocycles. The van der Waals surface area contributed by atoms with Gasteiger partial charge in [0.2, 0.25) is 10.0 Å². The highest BCUT2D eigenvalue weighted by atomic mass is 35.5. The van der Waals surface area contributed by atoms with Crippen LogP contribution in [-0.4, -0.2) is 47.6 Å². The van der Waals surface area contributed by atoms with Crippen molar-refractivity contribution < 1.29 is 27.9 Å². The van der Waals surface area contributed by atoms with Crippen molar-refractivity contribution >= 4 is 33.7 Å². The molecule has 8 nitrogen and oxygen atoms in total. The summed E-state index contributed by atoms with van der Waals surface area (Å²) in [6.45, 7) is 5.12. The number of hydrogen-bond acceptors (Lipinski definition) is 5. The minimum Gasteiger partial charge on any atom is -0.480 e. The summed E-state index contributed by atoms with van der Waals surface area (Å²) in [5, 5.41) is 13.0. The van der Waals surface area contributed by atoms with Crippen LogP contribution in [0.4, 0.5) is 4.79 Å². The van der Waals surface area contributed by atoms with E-state index in [2.05, 4.69) is 5.32 Å². The van der Waals surface area contributed by atoms with Gasteiger partial charge >= 0.3 is 12.1 Å². The largest absolute Gasteiger partial charge is 0.480 e. The van der Waals surface area contributed by atoms with Crippen LogP contribution in [0.5, 0.6) is 0 Å². The lowest BCUT2D eigenvalue weighted by Gasteiger charge is -2.30. The van der Waals surface area contributed by atoms with Crippen LogP contribution in [0, 0.1) is 0 Å². The van der Waals surface area contributed by atoms with Gasteiger partial charge in [0.15, 0.2) is 0 Å². The molecule has 10 heteroatoms. The van der Waals surface area contributed by atoms with Gasteiger partial charge in [-0.1, -0.05) is 54.1 Å². The summed E-state index contributed by atoms with van der Waals surface area (Å²) in [4.78, 5) is 24.6. The van der Waals surface area contributed by atoms with Gasteiger partial charge in [-0.2, -0.15) is 4.31 Å². The summed E-state index contributed by atoms with van der Waals surface area (Å²) in [5.74, 6) is -1.72. The second kappa shape index (κ2) is 9.70. The number of hydrogen-bond donors (Lipinski definition) is 2. The second-order valence-electron chi connectivity index (χ2n) is 8.91. The first-order chi connectivity index (χ1) is 15.4. The molecule has 0 aromatic heterocycles. The molecule has 3 rings (SSSR count). The molecule has 2 aromatic carbocycles. The van der Waals surface area contributed by atoms with Gasteiger partial charge in [0.25, 0.3) is 0 Å².